The number of rotatable bonds is 4. The summed E-state index contributed by atoms with van der Waals surface area (Å²) in [7, 11) is 0. The Labute approximate surface area is 104 Å². The van der Waals surface area contributed by atoms with E-state index in [2.05, 4.69) is 9.97 Å². The highest BCUT2D eigenvalue weighted by Crippen LogP contribution is 2.26. The van der Waals surface area contributed by atoms with Gasteiger partial charge >= 0.3 is 0 Å². The van der Waals surface area contributed by atoms with E-state index in [0.29, 0.717) is 23.4 Å². The topological polar surface area (TPSA) is 55.2 Å². The molecule has 0 unspecified atom stereocenters. The zero-order valence-corrected chi connectivity index (χ0v) is 9.93. The summed E-state index contributed by atoms with van der Waals surface area (Å²) in [5.74, 6) is -0.296. The molecule has 1 aromatic carbocycles. The molecular weight excluding hydrogens is 235 g/mol. The molecule has 0 fully saturated rings. The van der Waals surface area contributed by atoms with Gasteiger partial charge in [-0.3, -0.25) is 0 Å². The molecule has 0 saturated heterocycles. The van der Waals surface area contributed by atoms with Crippen LogP contribution in [0.3, 0.4) is 0 Å². The standard InChI is InChI=1S/C13H13FN2O2/c1-2-10-12(14)13(16-8-15-10)18-11-6-4-3-5-9(11)7-17/h3-6,8,17H,2,7H2,1H3. The number of benzene rings is 1. The zero-order valence-electron chi connectivity index (χ0n) is 9.93. The summed E-state index contributed by atoms with van der Waals surface area (Å²) < 4.78 is 19.3. The lowest BCUT2D eigenvalue weighted by Crippen LogP contribution is -2.00. The molecule has 0 spiro atoms. The van der Waals surface area contributed by atoms with Crippen LogP contribution in [0.1, 0.15) is 18.2 Å². The fourth-order valence-corrected chi connectivity index (χ4v) is 1.54. The summed E-state index contributed by atoms with van der Waals surface area (Å²) in [5, 5.41) is 9.16. The average Bonchev–Trinajstić information content (AvgIpc) is 2.42. The van der Waals surface area contributed by atoms with Crippen LogP contribution in [0.25, 0.3) is 0 Å². The number of hydrogen-bond acceptors (Lipinski definition) is 4. The second kappa shape index (κ2) is 5.55. The molecule has 0 bridgehead atoms. The van der Waals surface area contributed by atoms with Crippen molar-refractivity contribution in [2.75, 3.05) is 0 Å². The highest BCUT2D eigenvalue weighted by Gasteiger charge is 2.13. The van der Waals surface area contributed by atoms with Gasteiger partial charge in [-0.2, -0.15) is 9.37 Å². The maximum Gasteiger partial charge on any atom is 0.259 e. The van der Waals surface area contributed by atoms with E-state index in [1.54, 1.807) is 31.2 Å². The van der Waals surface area contributed by atoms with Crippen molar-refractivity contribution in [3.05, 3.63) is 47.7 Å². The van der Waals surface area contributed by atoms with Crippen LogP contribution in [0, 0.1) is 5.82 Å². The van der Waals surface area contributed by atoms with Gasteiger partial charge in [0.05, 0.1) is 12.3 Å². The number of hydrogen-bond donors (Lipinski definition) is 1. The van der Waals surface area contributed by atoms with Crippen molar-refractivity contribution in [1.82, 2.24) is 9.97 Å². The van der Waals surface area contributed by atoms with Crippen LogP contribution >= 0.6 is 0 Å². The maximum absolute atomic E-state index is 13.9. The van der Waals surface area contributed by atoms with E-state index >= 15 is 0 Å². The van der Waals surface area contributed by atoms with Crippen LogP contribution in [0.15, 0.2) is 30.6 Å². The third-order valence-electron chi connectivity index (χ3n) is 2.51. The second-order valence-electron chi connectivity index (χ2n) is 3.66. The lowest BCUT2D eigenvalue weighted by molar-refractivity contribution is 0.275. The van der Waals surface area contributed by atoms with Gasteiger partial charge in [0, 0.05) is 5.56 Å². The van der Waals surface area contributed by atoms with Crippen molar-refractivity contribution in [1.29, 1.82) is 0 Å². The van der Waals surface area contributed by atoms with Crippen molar-refractivity contribution >= 4 is 0 Å². The third-order valence-corrected chi connectivity index (χ3v) is 2.51. The predicted molar refractivity (Wildman–Crippen MR) is 63.8 cm³/mol. The molecule has 1 N–H and O–H groups in total. The smallest absolute Gasteiger partial charge is 0.259 e. The number of nitrogens with zero attached hydrogens (tertiary/aromatic N) is 2. The van der Waals surface area contributed by atoms with E-state index in [1.165, 1.54) is 6.33 Å². The van der Waals surface area contributed by atoms with Gasteiger partial charge in [0.2, 0.25) is 5.82 Å². The summed E-state index contributed by atoms with van der Waals surface area (Å²) in [5.41, 5.74) is 0.884. The first kappa shape index (κ1) is 12.4. The van der Waals surface area contributed by atoms with Crippen LogP contribution in [0.2, 0.25) is 0 Å². The molecule has 0 atom stereocenters. The van der Waals surface area contributed by atoms with Gasteiger partial charge < -0.3 is 9.84 Å². The molecule has 1 heterocycles. The van der Waals surface area contributed by atoms with E-state index in [1.807, 2.05) is 0 Å². The highest BCUT2D eigenvalue weighted by atomic mass is 19.1. The van der Waals surface area contributed by atoms with Gasteiger partial charge in [-0.15, -0.1) is 0 Å². The first-order valence-corrected chi connectivity index (χ1v) is 5.62. The maximum atomic E-state index is 13.9. The van der Waals surface area contributed by atoms with Crippen LogP contribution in [0.4, 0.5) is 4.39 Å². The van der Waals surface area contributed by atoms with Crippen molar-refractivity contribution in [2.24, 2.45) is 0 Å². The Balaban J connectivity index is 2.34. The molecular formula is C13H13FN2O2. The first-order valence-electron chi connectivity index (χ1n) is 5.62. The molecule has 18 heavy (non-hydrogen) atoms. The molecule has 5 heteroatoms. The fraction of sp³-hybridized carbons (Fsp3) is 0.231. The minimum atomic E-state index is -0.562. The summed E-state index contributed by atoms with van der Waals surface area (Å²) >= 11 is 0. The molecule has 0 amide bonds. The van der Waals surface area contributed by atoms with E-state index in [4.69, 9.17) is 9.84 Å². The minimum Gasteiger partial charge on any atom is -0.436 e. The van der Waals surface area contributed by atoms with Crippen molar-refractivity contribution in [3.63, 3.8) is 0 Å². The average molecular weight is 248 g/mol. The van der Waals surface area contributed by atoms with Gasteiger partial charge in [0.1, 0.15) is 12.1 Å². The minimum absolute atomic E-state index is 0.122. The van der Waals surface area contributed by atoms with Gasteiger partial charge in [0.15, 0.2) is 0 Å². The molecule has 0 aliphatic rings. The number of aliphatic hydroxyl groups excluding tert-OH is 1. The summed E-state index contributed by atoms with van der Waals surface area (Å²) in [6.07, 6.45) is 1.73. The van der Waals surface area contributed by atoms with E-state index < -0.39 is 5.82 Å². The van der Waals surface area contributed by atoms with Crippen molar-refractivity contribution < 1.29 is 14.2 Å². The fourth-order valence-electron chi connectivity index (χ4n) is 1.54. The molecule has 2 rings (SSSR count). The van der Waals surface area contributed by atoms with Crippen molar-refractivity contribution in [3.8, 4) is 11.6 Å². The number of aryl methyl sites for hydroxylation is 1. The number of halogens is 1. The molecule has 2 aromatic rings. The van der Waals surface area contributed by atoms with Gasteiger partial charge in [-0.05, 0) is 12.5 Å². The summed E-state index contributed by atoms with van der Waals surface area (Å²) in [6.45, 7) is 1.63. The lowest BCUT2D eigenvalue weighted by atomic mass is 10.2. The molecule has 0 saturated carbocycles. The van der Waals surface area contributed by atoms with Crippen LogP contribution in [-0.4, -0.2) is 15.1 Å². The number of aliphatic hydroxyl groups is 1. The number of aromatic nitrogens is 2. The normalized spacial score (nSPS) is 10.4. The highest BCUT2D eigenvalue weighted by molar-refractivity contribution is 5.36. The Morgan fingerprint density at radius 2 is 2.06 bits per heavy atom. The largest absolute Gasteiger partial charge is 0.436 e. The lowest BCUT2D eigenvalue weighted by Gasteiger charge is -2.09. The molecule has 0 aliphatic heterocycles. The monoisotopic (exact) mass is 248 g/mol. The van der Waals surface area contributed by atoms with Crippen LogP contribution in [-0.2, 0) is 13.0 Å². The molecule has 1 aromatic heterocycles. The van der Waals surface area contributed by atoms with E-state index in [9.17, 15) is 4.39 Å². The summed E-state index contributed by atoms with van der Waals surface area (Å²) in [6, 6.07) is 6.87. The number of ether oxygens (including phenoxy) is 1. The van der Waals surface area contributed by atoms with Gasteiger partial charge in [0.25, 0.3) is 5.88 Å². The zero-order chi connectivity index (χ0) is 13.0. The Hall–Kier alpha value is -2.01. The van der Waals surface area contributed by atoms with Crippen LogP contribution in [0.5, 0.6) is 11.6 Å². The summed E-state index contributed by atoms with van der Waals surface area (Å²) in [4.78, 5) is 7.59. The SMILES string of the molecule is CCc1ncnc(Oc2ccccc2CO)c1F. The molecule has 0 aliphatic carbocycles. The number of para-hydroxylation sites is 1. The van der Waals surface area contributed by atoms with Gasteiger partial charge in [-0.25, -0.2) is 4.98 Å². The van der Waals surface area contributed by atoms with Crippen molar-refractivity contribution in [2.45, 2.75) is 20.0 Å². The Bertz CT molecular complexity index is 546. The molecule has 0 radical (unpaired) electrons. The second-order valence-corrected chi connectivity index (χ2v) is 3.66. The third kappa shape index (κ3) is 2.46. The quantitative estimate of drug-likeness (QED) is 0.903. The predicted octanol–water partition coefficient (Wildman–Crippen LogP) is 2.46. The molecule has 94 valence electrons. The van der Waals surface area contributed by atoms with E-state index in [0.717, 1.165) is 0 Å². The van der Waals surface area contributed by atoms with Crippen LogP contribution < -0.4 is 4.74 Å². The van der Waals surface area contributed by atoms with Gasteiger partial charge in [-0.1, -0.05) is 25.1 Å². The Kier molecular flexibility index (Phi) is 3.84. The Morgan fingerprint density at radius 3 is 2.78 bits per heavy atom. The Morgan fingerprint density at radius 1 is 1.28 bits per heavy atom. The van der Waals surface area contributed by atoms with E-state index in [-0.39, 0.29) is 12.5 Å². The first-order chi connectivity index (χ1) is 8.76. The molecule has 4 nitrogen and oxygen atoms in total.